The maximum atomic E-state index is 4.58. The van der Waals surface area contributed by atoms with Crippen molar-refractivity contribution in [2.75, 3.05) is 5.32 Å². The summed E-state index contributed by atoms with van der Waals surface area (Å²) in [7, 11) is 0. The number of hydrogen-bond donors (Lipinski definition) is 1. The summed E-state index contributed by atoms with van der Waals surface area (Å²) in [6.45, 7) is 0. The van der Waals surface area contributed by atoms with Crippen LogP contribution >= 0.6 is 0 Å². The molecule has 0 atom stereocenters. The summed E-state index contributed by atoms with van der Waals surface area (Å²) in [5.74, 6) is 0. The molecule has 0 radical (unpaired) electrons. The molecule has 1 aromatic heterocycles. The van der Waals surface area contributed by atoms with Crippen LogP contribution in [0.4, 0.5) is 11.4 Å². The number of benzene rings is 4. The third-order valence-electron chi connectivity index (χ3n) is 4.35. The number of aromatic nitrogens is 2. The molecule has 5 aromatic rings. The predicted octanol–water partition coefficient (Wildman–Crippen LogP) is 6.73. The fourth-order valence-corrected chi connectivity index (χ4v) is 2.91. The van der Waals surface area contributed by atoms with Crippen LogP contribution in [0, 0.1) is 0 Å². The molecule has 1 heterocycles. The van der Waals surface area contributed by atoms with Gasteiger partial charge in [-0.15, -0.1) is 0 Å². The lowest BCUT2D eigenvalue weighted by Crippen LogP contribution is -1.87. The molecule has 1 N–H and O–H groups in total. The molecule has 0 bridgehead atoms. The van der Waals surface area contributed by atoms with Gasteiger partial charge < -0.3 is 5.32 Å². The van der Waals surface area contributed by atoms with Crippen molar-refractivity contribution in [3.05, 3.63) is 121 Å². The molecule has 0 spiro atoms. The van der Waals surface area contributed by atoms with E-state index in [0.29, 0.717) is 0 Å². The highest BCUT2D eigenvalue weighted by Gasteiger charge is 2.00. The monoisotopic (exact) mass is 375 g/mol. The minimum atomic E-state index is 0.916. The van der Waals surface area contributed by atoms with Crippen molar-refractivity contribution >= 4 is 22.4 Å². The summed E-state index contributed by atoms with van der Waals surface area (Å²) in [6.07, 6.45) is 1.82. The Bertz CT molecular complexity index is 1120. The maximum Gasteiger partial charge on any atom is 0.0894 e. The van der Waals surface area contributed by atoms with Crippen LogP contribution in [0.25, 0.3) is 22.3 Å². The SMILES string of the molecule is c1ccc(-c2cnc3ccccc3n2)cc1.c1ccc(Nc2ccccc2)cc1. The molecule has 3 nitrogen and oxygen atoms in total. The lowest BCUT2D eigenvalue weighted by molar-refractivity contribution is 1.29. The average molecular weight is 375 g/mol. The normalized spacial score (nSPS) is 10.1. The topological polar surface area (TPSA) is 37.8 Å². The van der Waals surface area contributed by atoms with E-state index in [1.807, 2.05) is 121 Å². The first kappa shape index (κ1) is 18.4. The molecule has 140 valence electrons. The van der Waals surface area contributed by atoms with Gasteiger partial charge in [-0.3, -0.25) is 4.98 Å². The van der Waals surface area contributed by atoms with Gasteiger partial charge in [0.15, 0.2) is 0 Å². The molecule has 0 aliphatic heterocycles. The Kier molecular flexibility index (Phi) is 5.89. The first-order chi connectivity index (χ1) is 14.4. The molecule has 4 aromatic carbocycles. The summed E-state index contributed by atoms with van der Waals surface area (Å²) >= 11 is 0. The van der Waals surface area contributed by atoms with Gasteiger partial charge in [0, 0.05) is 16.9 Å². The third-order valence-corrected chi connectivity index (χ3v) is 4.35. The van der Waals surface area contributed by atoms with Crippen LogP contribution in [-0.4, -0.2) is 9.97 Å². The maximum absolute atomic E-state index is 4.58. The zero-order valence-corrected chi connectivity index (χ0v) is 15.9. The number of hydrogen-bond acceptors (Lipinski definition) is 3. The molecule has 3 heteroatoms. The Hall–Kier alpha value is -3.98. The van der Waals surface area contributed by atoms with Crippen molar-refractivity contribution in [3.63, 3.8) is 0 Å². The molecular formula is C26H21N3. The Labute approximate surface area is 170 Å². The number of fused-ring (bicyclic) bond motifs is 1. The van der Waals surface area contributed by atoms with Gasteiger partial charge in [0.05, 0.1) is 22.9 Å². The quantitative estimate of drug-likeness (QED) is 0.380. The van der Waals surface area contributed by atoms with Crippen LogP contribution in [0.1, 0.15) is 0 Å². The second-order valence-corrected chi connectivity index (χ2v) is 6.47. The number of nitrogens with zero attached hydrogens (tertiary/aromatic N) is 2. The lowest BCUT2D eigenvalue weighted by atomic mass is 10.1. The summed E-state index contributed by atoms with van der Waals surface area (Å²) in [4.78, 5) is 8.98. The summed E-state index contributed by atoms with van der Waals surface area (Å²) in [5.41, 5.74) is 6.12. The van der Waals surface area contributed by atoms with Gasteiger partial charge in [0.25, 0.3) is 0 Å². The Morgan fingerprint density at radius 2 is 0.966 bits per heavy atom. The zero-order chi connectivity index (χ0) is 19.7. The van der Waals surface area contributed by atoms with Crippen LogP contribution in [0.2, 0.25) is 0 Å². The molecule has 0 unspecified atom stereocenters. The zero-order valence-electron chi connectivity index (χ0n) is 15.9. The van der Waals surface area contributed by atoms with E-state index in [1.165, 1.54) is 0 Å². The smallest absolute Gasteiger partial charge is 0.0894 e. The fourth-order valence-electron chi connectivity index (χ4n) is 2.91. The largest absolute Gasteiger partial charge is 0.356 e. The second-order valence-electron chi connectivity index (χ2n) is 6.47. The number of nitrogens with one attached hydrogen (secondary N) is 1. The first-order valence-electron chi connectivity index (χ1n) is 9.53. The lowest BCUT2D eigenvalue weighted by Gasteiger charge is -2.04. The average Bonchev–Trinajstić information content (AvgIpc) is 2.81. The summed E-state index contributed by atoms with van der Waals surface area (Å²) in [6, 6.07) is 38.3. The highest BCUT2D eigenvalue weighted by Crippen LogP contribution is 2.18. The third kappa shape index (κ3) is 5.05. The van der Waals surface area contributed by atoms with Gasteiger partial charge in [-0.2, -0.15) is 0 Å². The standard InChI is InChI=1S/C14H10N2.C12H11N/c1-2-6-11(7-3-1)14-10-15-12-8-4-5-9-13(12)16-14;1-3-7-11(8-4-1)13-12-9-5-2-6-10-12/h1-10H;1-10,13H. The number of rotatable bonds is 3. The van der Waals surface area contributed by atoms with E-state index in [9.17, 15) is 0 Å². The Balaban J connectivity index is 0.000000145. The van der Waals surface area contributed by atoms with Crippen LogP contribution in [0.5, 0.6) is 0 Å². The Morgan fingerprint density at radius 1 is 0.483 bits per heavy atom. The fraction of sp³-hybridized carbons (Fsp3) is 0. The number of anilines is 2. The van der Waals surface area contributed by atoms with Gasteiger partial charge >= 0.3 is 0 Å². The van der Waals surface area contributed by atoms with E-state index >= 15 is 0 Å². The minimum absolute atomic E-state index is 0.916. The molecule has 0 saturated heterocycles. The molecule has 0 aliphatic carbocycles. The van der Waals surface area contributed by atoms with E-state index in [1.54, 1.807) is 0 Å². The molecule has 0 aliphatic rings. The molecule has 0 amide bonds. The van der Waals surface area contributed by atoms with Crippen molar-refractivity contribution in [2.24, 2.45) is 0 Å². The number of para-hydroxylation sites is 4. The van der Waals surface area contributed by atoms with Crippen molar-refractivity contribution in [1.82, 2.24) is 9.97 Å². The van der Waals surface area contributed by atoms with E-state index in [4.69, 9.17) is 0 Å². The van der Waals surface area contributed by atoms with Crippen molar-refractivity contribution in [3.8, 4) is 11.3 Å². The van der Waals surface area contributed by atoms with E-state index in [-0.39, 0.29) is 0 Å². The molecule has 0 saturated carbocycles. The van der Waals surface area contributed by atoms with Crippen molar-refractivity contribution in [2.45, 2.75) is 0 Å². The molecular weight excluding hydrogens is 354 g/mol. The Morgan fingerprint density at radius 3 is 1.55 bits per heavy atom. The van der Waals surface area contributed by atoms with Gasteiger partial charge in [0.2, 0.25) is 0 Å². The van der Waals surface area contributed by atoms with Crippen molar-refractivity contribution < 1.29 is 0 Å². The summed E-state index contributed by atoms with van der Waals surface area (Å²) < 4.78 is 0. The van der Waals surface area contributed by atoms with E-state index < -0.39 is 0 Å². The highest BCUT2D eigenvalue weighted by atomic mass is 14.9. The van der Waals surface area contributed by atoms with Crippen LogP contribution in [-0.2, 0) is 0 Å². The van der Waals surface area contributed by atoms with Crippen LogP contribution in [0.15, 0.2) is 121 Å². The molecule has 0 fully saturated rings. The molecule has 29 heavy (non-hydrogen) atoms. The van der Waals surface area contributed by atoms with E-state index in [2.05, 4.69) is 15.3 Å². The highest BCUT2D eigenvalue weighted by molar-refractivity contribution is 5.76. The van der Waals surface area contributed by atoms with Gasteiger partial charge in [-0.05, 0) is 36.4 Å². The van der Waals surface area contributed by atoms with Crippen LogP contribution < -0.4 is 5.32 Å². The second kappa shape index (κ2) is 9.29. The predicted molar refractivity (Wildman–Crippen MR) is 121 cm³/mol. The van der Waals surface area contributed by atoms with Gasteiger partial charge in [0.1, 0.15) is 0 Å². The minimum Gasteiger partial charge on any atom is -0.356 e. The van der Waals surface area contributed by atoms with Crippen molar-refractivity contribution in [1.29, 1.82) is 0 Å². The summed E-state index contributed by atoms with van der Waals surface area (Å²) in [5, 5.41) is 3.30. The van der Waals surface area contributed by atoms with Crippen LogP contribution in [0.3, 0.4) is 0 Å². The van der Waals surface area contributed by atoms with Gasteiger partial charge in [-0.1, -0.05) is 78.9 Å². The molecule has 5 rings (SSSR count). The van der Waals surface area contributed by atoms with Gasteiger partial charge in [-0.25, -0.2) is 4.98 Å². The first-order valence-corrected chi connectivity index (χ1v) is 9.53. The van der Waals surface area contributed by atoms with E-state index in [0.717, 1.165) is 33.7 Å².